The van der Waals surface area contributed by atoms with E-state index < -0.39 is 23.8 Å². The molecule has 0 unspecified atom stereocenters. The molecule has 0 spiro atoms. The van der Waals surface area contributed by atoms with Crippen LogP contribution in [0.2, 0.25) is 0 Å². The molecule has 0 aliphatic carbocycles. The van der Waals surface area contributed by atoms with Crippen LogP contribution in [0.1, 0.15) is 5.56 Å². The summed E-state index contributed by atoms with van der Waals surface area (Å²) in [6, 6.07) is 10.8. The van der Waals surface area contributed by atoms with Gasteiger partial charge in [-0.1, -0.05) is 30.3 Å². The summed E-state index contributed by atoms with van der Waals surface area (Å²) in [4.78, 5) is 11.8. The molecule has 0 aliphatic rings. The van der Waals surface area contributed by atoms with Gasteiger partial charge in [0.2, 0.25) is 5.91 Å². The Morgan fingerprint density at radius 2 is 1.68 bits per heavy atom. The normalized spacial score (nSPS) is 11.1. The van der Waals surface area contributed by atoms with Crippen LogP contribution in [0.3, 0.4) is 0 Å². The lowest BCUT2D eigenvalue weighted by Crippen LogP contribution is -2.20. The SMILES string of the molecule is O=C(Cc1ccccc1F)Nc1ccccc1OC(F)(F)F. The Bertz CT molecular complexity index is 671. The summed E-state index contributed by atoms with van der Waals surface area (Å²) in [6.07, 6.45) is -5.17. The van der Waals surface area contributed by atoms with Crippen molar-refractivity contribution < 1.29 is 27.1 Å². The van der Waals surface area contributed by atoms with Crippen molar-refractivity contribution in [3.8, 4) is 5.75 Å². The molecule has 0 atom stereocenters. The maximum atomic E-state index is 13.4. The molecule has 0 saturated carbocycles. The zero-order chi connectivity index (χ0) is 16.2. The minimum atomic E-state index is -4.87. The summed E-state index contributed by atoms with van der Waals surface area (Å²) >= 11 is 0. The summed E-state index contributed by atoms with van der Waals surface area (Å²) in [5.74, 6) is -1.74. The lowest BCUT2D eigenvalue weighted by atomic mass is 10.1. The minimum absolute atomic E-state index is 0.138. The molecule has 0 saturated heterocycles. The van der Waals surface area contributed by atoms with Crippen molar-refractivity contribution in [1.82, 2.24) is 0 Å². The molecule has 1 N–H and O–H groups in total. The third kappa shape index (κ3) is 4.47. The number of ether oxygens (including phenoxy) is 1. The first-order chi connectivity index (χ1) is 10.3. The Morgan fingerprint density at radius 3 is 2.36 bits per heavy atom. The van der Waals surface area contributed by atoms with Gasteiger partial charge in [0.05, 0.1) is 12.1 Å². The fraction of sp³-hybridized carbons (Fsp3) is 0.133. The maximum Gasteiger partial charge on any atom is 0.573 e. The molecule has 0 aromatic heterocycles. The van der Waals surface area contributed by atoms with Gasteiger partial charge in [0.25, 0.3) is 0 Å². The van der Waals surface area contributed by atoms with Gasteiger partial charge in [-0.25, -0.2) is 4.39 Å². The predicted molar refractivity (Wildman–Crippen MR) is 71.9 cm³/mol. The van der Waals surface area contributed by atoms with E-state index in [0.29, 0.717) is 0 Å². The molecule has 0 aliphatic heterocycles. The van der Waals surface area contributed by atoms with Crippen molar-refractivity contribution in [3.63, 3.8) is 0 Å². The second kappa shape index (κ2) is 6.46. The number of benzene rings is 2. The smallest absolute Gasteiger partial charge is 0.404 e. The molecular weight excluding hydrogens is 302 g/mol. The average molecular weight is 313 g/mol. The summed E-state index contributed by atoms with van der Waals surface area (Å²) in [5, 5.41) is 2.28. The van der Waals surface area contributed by atoms with Gasteiger partial charge in [-0.15, -0.1) is 13.2 Å². The molecule has 22 heavy (non-hydrogen) atoms. The van der Waals surface area contributed by atoms with Crippen molar-refractivity contribution in [2.75, 3.05) is 5.32 Å². The second-order valence-electron chi connectivity index (χ2n) is 4.36. The Hall–Kier alpha value is -2.57. The molecule has 0 heterocycles. The molecule has 0 bridgehead atoms. The van der Waals surface area contributed by atoms with Crippen LogP contribution in [0.25, 0.3) is 0 Å². The van der Waals surface area contributed by atoms with Gasteiger partial charge >= 0.3 is 6.36 Å². The van der Waals surface area contributed by atoms with Crippen LogP contribution < -0.4 is 10.1 Å². The van der Waals surface area contributed by atoms with Crippen LogP contribution in [-0.2, 0) is 11.2 Å². The number of para-hydroxylation sites is 2. The van der Waals surface area contributed by atoms with Crippen molar-refractivity contribution in [1.29, 1.82) is 0 Å². The Balaban J connectivity index is 2.11. The molecule has 7 heteroatoms. The highest BCUT2D eigenvalue weighted by Gasteiger charge is 2.32. The standard InChI is InChI=1S/C15H11F4NO2/c16-11-6-2-1-5-10(11)9-14(21)20-12-7-3-4-8-13(12)22-15(17,18)19/h1-8H,9H2,(H,20,21). The predicted octanol–water partition coefficient (Wildman–Crippen LogP) is 3.91. The minimum Gasteiger partial charge on any atom is -0.404 e. The van der Waals surface area contributed by atoms with Crippen LogP contribution in [0.5, 0.6) is 5.75 Å². The lowest BCUT2D eigenvalue weighted by molar-refractivity contribution is -0.274. The molecule has 3 nitrogen and oxygen atoms in total. The number of carbonyl (C=O) groups excluding carboxylic acids is 1. The highest BCUT2D eigenvalue weighted by molar-refractivity contribution is 5.93. The lowest BCUT2D eigenvalue weighted by Gasteiger charge is -2.13. The zero-order valence-electron chi connectivity index (χ0n) is 11.2. The third-order valence-electron chi connectivity index (χ3n) is 2.70. The molecular formula is C15H11F4NO2. The number of amides is 1. The van der Waals surface area contributed by atoms with E-state index in [4.69, 9.17) is 0 Å². The van der Waals surface area contributed by atoms with Gasteiger partial charge in [0.1, 0.15) is 5.82 Å². The summed E-state index contributed by atoms with van der Waals surface area (Å²) in [7, 11) is 0. The molecule has 1 amide bonds. The van der Waals surface area contributed by atoms with Gasteiger partial charge < -0.3 is 10.1 Å². The molecule has 2 aromatic carbocycles. The van der Waals surface area contributed by atoms with E-state index in [2.05, 4.69) is 10.1 Å². The van der Waals surface area contributed by atoms with E-state index in [1.807, 2.05) is 0 Å². The quantitative estimate of drug-likeness (QED) is 0.869. The van der Waals surface area contributed by atoms with Gasteiger partial charge in [-0.2, -0.15) is 0 Å². The van der Waals surface area contributed by atoms with Gasteiger partial charge in [-0.05, 0) is 23.8 Å². The number of halogens is 4. The number of hydrogen-bond acceptors (Lipinski definition) is 2. The van der Waals surface area contributed by atoms with Crippen LogP contribution in [0, 0.1) is 5.82 Å². The highest BCUT2D eigenvalue weighted by atomic mass is 19.4. The maximum absolute atomic E-state index is 13.4. The van der Waals surface area contributed by atoms with Crippen LogP contribution in [-0.4, -0.2) is 12.3 Å². The van der Waals surface area contributed by atoms with E-state index in [1.165, 1.54) is 36.4 Å². The number of nitrogens with one attached hydrogen (secondary N) is 1. The number of alkyl halides is 3. The fourth-order valence-electron chi connectivity index (χ4n) is 1.79. The fourth-order valence-corrected chi connectivity index (χ4v) is 1.79. The zero-order valence-corrected chi connectivity index (χ0v) is 11.2. The number of carbonyl (C=O) groups is 1. The van der Waals surface area contributed by atoms with E-state index in [0.717, 1.165) is 6.07 Å². The first kappa shape index (κ1) is 15.8. The average Bonchev–Trinajstić information content (AvgIpc) is 2.42. The number of hydrogen-bond donors (Lipinski definition) is 1. The van der Waals surface area contributed by atoms with E-state index in [1.54, 1.807) is 6.07 Å². The molecule has 0 radical (unpaired) electrons. The van der Waals surface area contributed by atoms with Crippen molar-refractivity contribution in [2.24, 2.45) is 0 Å². The number of rotatable bonds is 4. The number of anilines is 1. The Labute approximate surface area is 123 Å². The summed E-state index contributed by atoms with van der Waals surface area (Å²) < 4.78 is 54.1. The summed E-state index contributed by atoms with van der Waals surface area (Å²) in [6.45, 7) is 0. The Morgan fingerprint density at radius 1 is 1.05 bits per heavy atom. The largest absolute Gasteiger partial charge is 0.573 e. The first-order valence-corrected chi connectivity index (χ1v) is 6.23. The molecule has 2 aromatic rings. The highest BCUT2D eigenvalue weighted by Crippen LogP contribution is 2.30. The molecule has 2 rings (SSSR count). The monoisotopic (exact) mass is 313 g/mol. The first-order valence-electron chi connectivity index (χ1n) is 6.23. The van der Waals surface area contributed by atoms with Crippen LogP contribution in [0.4, 0.5) is 23.2 Å². The summed E-state index contributed by atoms with van der Waals surface area (Å²) in [5.41, 5.74) is 0.00962. The second-order valence-corrected chi connectivity index (χ2v) is 4.36. The van der Waals surface area contributed by atoms with Gasteiger partial charge in [-0.3, -0.25) is 4.79 Å². The topological polar surface area (TPSA) is 38.3 Å². The van der Waals surface area contributed by atoms with Crippen LogP contribution >= 0.6 is 0 Å². The van der Waals surface area contributed by atoms with E-state index >= 15 is 0 Å². The molecule has 0 fully saturated rings. The van der Waals surface area contributed by atoms with Gasteiger partial charge in [0, 0.05) is 0 Å². The molecule has 116 valence electrons. The van der Waals surface area contributed by atoms with Crippen molar-refractivity contribution >= 4 is 11.6 Å². The van der Waals surface area contributed by atoms with Crippen LogP contribution in [0.15, 0.2) is 48.5 Å². The van der Waals surface area contributed by atoms with E-state index in [9.17, 15) is 22.4 Å². The van der Waals surface area contributed by atoms with E-state index in [-0.39, 0.29) is 17.7 Å². The Kier molecular flexibility index (Phi) is 4.65. The van der Waals surface area contributed by atoms with Crippen molar-refractivity contribution in [3.05, 3.63) is 59.9 Å². The third-order valence-corrected chi connectivity index (χ3v) is 2.70. The van der Waals surface area contributed by atoms with Crippen molar-refractivity contribution in [2.45, 2.75) is 12.8 Å². The van der Waals surface area contributed by atoms with Gasteiger partial charge in [0.15, 0.2) is 5.75 Å².